The Bertz CT molecular complexity index is 371. The van der Waals surface area contributed by atoms with Gasteiger partial charge in [0.2, 0.25) is 0 Å². The van der Waals surface area contributed by atoms with Crippen LogP contribution in [0.5, 0.6) is 5.75 Å². The van der Waals surface area contributed by atoms with E-state index in [1.54, 1.807) is 0 Å². The fourth-order valence-electron chi connectivity index (χ4n) is 2.44. The minimum atomic E-state index is -0.443. The summed E-state index contributed by atoms with van der Waals surface area (Å²) in [5.74, 6) is 1.66. The number of hydrogen-bond donors (Lipinski definition) is 2. The summed E-state index contributed by atoms with van der Waals surface area (Å²) in [6.45, 7) is 5.36. The van der Waals surface area contributed by atoms with E-state index in [1.165, 1.54) is 18.4 Å². The molecule has 1 unspecified atom stereocenters. The van der Waals surface area contributed by atoms with E-state index in [1.807, 2.05) is 12.1 Å². The molecule has 2 N–H and O–H groups in total. The number of aliphatic hydroxyl groups excluding tert-OH is 1. The van der Waals surface area contributed by atoms with Gasteiger partial charge in [0, 0.05) is 12.6 Å². The molecule has 0 aromatic heterocycles. The summed E-state index contributed by atoms with van der Waals surface area (Å²) < 4.78 is 5.58. The number of nitrogens with one attached hydrogen (secondary N) is 1. The minimum Gasteiger partial charge on any atom is -0.491 e. The van der Waals surface area contributed by atoms with Gasteiger partial charge in [0.05, 0.1) is 0 Å². The zero-order chi connectivity index (χ0) is 13.7. The molecule has 0 heterocycles. The average molecular weight is 263 g/mol. The van der Waals surface area contributed by atoms with Crippen molar-refractivity contribution in [2.45, 2.75) is 45.3 Å². The first-order valence-electron chi connectivity index (χ1n) is 7.30. The van der Waals surface area contributed by atoms with E-state index in [-0.39, 0.29) is 0 Å². The zero-order valence-electron chi connectivity index (χ0n) is 11.9. The molecule has 3 heteroatoms. The summed E-state index contributed by atoms with van der Waals surface area (Å²) in [5, 5.41) is 13.2. The summed E-state index contributed by atoms with van der Waals surface area (Å²) in [5.41, 5.74) is 1.30. The van der Waals surface area contributed by atoms with Gasteiger partial charge in [-0.05, 0) is 42.9 Å². The third-order valence-corrected chi connectivity index (χ3v) is 3.79. The molecule has 0 saturated heterocycles. The van der Waals surface area contributed by atoms with Gasteiger partial charge in [0.25, 0.3) is 0 Å². The highest BCUT2D eigenvalue weighted by atomic mass is 16.5. The van der Waals surface area contributed by atoms with Crippen molar-refractivity contribution in [1.82, 2.24) is 5.32 Å². The predicted octanol–water partition coefficient (Wildman–Crippen LogP) is 2.38. The topological polar surface area (TPSA) is 41.5 Å². The van der Waals surface area contributed by atoms with E-state index in [2.05, 4.69) is 31.3 Å². The van der Waals surface area contributed by atoms with Gasteiger partial charge in [0.15, 0.2) is 0 Å². The maximum atomic E-state index is 9.86. The fourth-order valence-corrected chi connectivity index (χ4v) is 2.44. The average Bonchev–Trinajstić information content (AvgIpc) is 2.40. The Kier molecular flexibility index (Phi) is 5.23. The molecule has 0 amide bonds. The second kappa shape index (κ2) is 6.92. The van der Waals surface area contributed by atoms with Gasteiger partial charge in [-0.1, -0.05) is 26.0 Å². The van der Waals surface area contributed by atoms with Crippen molar-refractivity contribution in [2.75, 3.05) is 13.2 Å². The first-order valence-corrected chi connectivity index (χ1v) is 7.30. The molecular formula is C16H25NO2. The Hall–Kier alpha value is -1.06. The normalized spacial score (nSPS) is 23.7. The number of ether oxygens (including phenoxy) is 1. The van der Waals surface area contributed by atoms with E-state index in [0.717, 1.165) is 18.1 Å². The van der Waals surface area contributed by atoms with Crippen LogP contribution < -0.4 is 10.1 Å². The molecule has 0 aliphatic heterocycles. The summed E-state index contributed by atoms with van der Waals surface area (Å²) in [7, 11) is 0. The van der Waals surface area contributed by atoms with Gasteiger partial charge in [-0.3, -0.25) is 0 Å². The van der Waals surface area contributed by atoms with Crippen LogP contribution in [0.1, 0.15) is 32.3 Å². The van der Waals surface area contributed by atoms with Crippen LogP contribution in [0.15, 0.2) is 24.3 Å². The molecular weight excluding hydrogens is 238 g/mol. The maximum absolute atomic E-state index is 9.86. The molecule has 1 aliphatic carbocycles. The highest BCUT2D eigenvalue weighted by molar-refractivity contribution is 5.27. The summed E-state index contributed by atoms with van der Waals surface area (Å²) in [6, 6.07) is 8.65. The Labute approximate surface area is 116 Å². The standard InChI is InChI=1S/C16H25NO2/c1-3-13-4-6-16(7-5-13)19-11-15(18)10-17-14-8-12(2)9-14/h4-7,12,14-15,17-18H,3,8-11H2,1-2H3. The fraction of sp³-hybridized carbons (Fsp3) is 0.625. The third kappa shape index (κ3) is 4.51. The molecule has 1 saturated carbocycles. The smallest absolute Gasteiger partial charge is 0.119 e. The lowest BCUT2D eigenvalue weighted by Crippen LogP contribution is -2.44. The Morgan fingerprint density at radius 1 is 1.32 bits per heavy atom. The SMILES string of the molecule is CCc1ccc(OCC(O)CNC2CC(C)C2)cc1. The Morgan fingerprint density at radius 2 is 2.00 bits per heavy atom. The lowest BCUT2D eigenvalue weighted by atomic mass is 9.82. The van der Waals surface area contributed by atoms with E-state index in [9.17, 15) is 5.11 Å². The largest absolute Gasteiger partial charge is 0.491 e. The van der Waals surface area contributed by atoms with E-state index < -0.39 is 6.10 Å². The maximum Gasteiger partial charge on any atom is 0.119 e. The van der Waals surface area contributed by atoms with Crippen molar-refractivity contribution in [3.05, 3.63) is 29.8 Å². The van der Waals surface area contributed by atoms with Crippen molar-refractivity contribution < 1.29 is 9.84 Å². The molecule has 19 heavy (non-hydrogen) atoms. The van der Waals surface area contributed by atoms with Crippen molar-refractivity contribution >= 4 is 0 Å². The lowest BCUT2D eigenvalue weighted by molar-refractivity contribution is 0.0955. The van der Waals surface area contributed by atoms with E-state index in [4.69, 9.17) is 4.74 Å². The monoisotopic (exact) mass is 263 g/mol. The first-order chi connectivity index (χ1) is 9.17. The van der Waals surface area contributed by atoms with E-state index in [0.29, 0.717) is 19.2 Å². The van der Waals surface area contributed by atoms with Crippen LogP contribution in [0.4, 0.5) is 0 Å². The highest BCUT2D eigenvalue weighted by Crippen LogP contribution is 2.26. The van der Waals surface area contributed by atoms with Gasteiger partial charge in [-0.2, -0.15) is 0 Å². The van der Waals surface area contributed by atoms with Crippen LogP contribution >= 0.6 is 0 Å². The summed E-state index contributed by atoms with van der Waals surface area (Å²) in [4.78, 5) is 0. The molecule has 1 aromatic rings. The highest BCUT2D eigenvalue weighted by Gasteiger charge is 2.25. The van der Waals surface area contributed by atoms with Crippen LogP contribution in [-0.4, -0.2) is 30.4 Å². The molecule has 1 fully saturated rings. The second-order valence-corrected chi connectivity index (χ2v) is 5.64. The third-order valence-electron chi connectivity index (χ3n) is 3.79. The molecule has 1 atom stereocenters. The molecule has 1 aromatic carbocycles. The van der Waals surface area contributed by atoms with Crippen molar-refractivity contribution in [3.63, 3.8) is 0 Å². The van der Waals surface area contributed by atoms with Gasteiger partial charge in [-0.25, -0.2) is 0 Å². The van der Waals surface area contributed by atoms with Crippen molar-refractivity contribution in [1.29, 1.82) is 0 Å². The van der Waals surface area contributed by atoms with Crippen LogP contribution in [-0.2, 0) is 6.42 Å². The van der Waals surface area contributed by atoms with Crippen LogP contribution in [0, 0.1) is 5.92 Å². The number of aliphatic hydroxyl groups is 1. The van der Waals surface area contributed by atoms with Gasteiger partial charge in [0.1, 0.15) is 18.5 Å². The number of rotatable bonds is 7. The van der Waals surface area contributed by atoms with Crippen LogP contribution in [0.2, 0.25) is 0 Å². The number of hydrogen-bond acceptors (Lipinski definition) is 3. The van der Waals surface area contributed by atoms with Crippen molar-refractivity contribution in [2.24, 2.45) is 5.92 Å². The second-order valence-electron chi connectivity index (χ2n) is 5.64. The molecule has 1 aliphatic rings. The number of benzene rings is 1. The van der Waals surface area contributed by atoms with E-state index >= 15 is 0 Å². The summed E-state index contributed by atoms with van der Waals surface area (Å²) >= 11 is 0. The molecule has 0 radical (unpaired) electrons. The molecule has 106 valence electrons. The summed E-state index contributed by atoms with van der Waals surface area (Å²) in [6.07, 6.45) is 3.05. The van der Waals surface area contributed by atoms with Gasteiger partial charge >= 0.3 is 0 Å². The van der Waals surface area contributed by atoms with Crippen LogP contribution in [0.3, 0.4) is 0 Å². The zero-order valence-corrected chi connectivity index (χ0v) is 11.9. The number of aryl methyl sites for hydroxylation is 1. The van der Waals surface area contributed by atoms with Crippen molar-refractivity contribution in [3.8, 4) is 5.75 Å². The molecule has 3 nitrogen and oxygen atoms in total. The quantitative estimate of drug-likeness (QED) is 0.793. The Morgan fingerprint density at radius 3 is 2.58 bits per heavy atom. The van der Waals surface area contributed by atoms with Gasteiger partial charge in [-0.15, -0.1) is 0 Å². The molecule has 0 bridgehead atoms. The Balaban J connectivity index is 1.63. The minimum absolute atomic E-state index is 0.348. The van der Waals surface area contributed by atoms with Crippen LogP contribution in [0.25, 0.3) is 0 Å². The molecule has 0 spiro atoms. The predicted molar refractivity (Wildman–Crippen MR) is 77.5 cm³/mol. The molecule has 2 rings (SSSR count). The lowest BCUT2D eigenvalue weighted by Gasteiger charge is -2.34. The first kappa shape index (κ1) is 14.4. The van der Waals surface area contributed by atoms with Gasteiger partial charge < -0.3 is 15.2 Å².